The predicted molar refractivity (Wildman–Crippen MR) is 85.9 cm³/mol. The molecule has 0 radical (unpaired) electrons. The summed E-state index contributed by atoms with van der Waals surface area (Å²) in [7, 11) is 0. The van der Waals surface area contributed by atoms with E-state index in [0.29, 0.717) is 5.82 Å². The van der Waals surface area contributed by atoms with Crippen LogP contribution in [0.25, 0.3) is 0 Å². The highest BCUT2D eigenvalue weighted by atomic mass is 15.3. The molecule has 0 amide bonds. The zero-order valence-electron chi connectivity index (χ0n) is 13.2. The van der Waals surface area contributed by atoms with Crippen molar-refractivity contribution in [3.63, 3.8) is 0 Å². The van der Waals surface area contributed by atoms with Gasteiger partial charge in [0.25, 0.3) is 0 Å². The number of nitrogens with one attached hydrogen (secondary N) is 1. The van der Waals surface area contributed by atoms with Crippen LogP contribution in [0.1, 0.15) is 58.7 Å². The van der Waals surface area contributed by atoms with Crippen molar-refractivity contribution in [2.75, 3.05) is 23.4 Å². The van der Waals surface area contributed by atoms with E-state index >= 15 is 0 Å². The maximum absolute atomic E-state index is 5.53. The number of rotatable bonds is 10. The number of unbranched alkanes of at least 4 members (excludes halogenated alkanes) is 2. The lowest BCUT2D eigenvalue weighted by atomic mass is 10.2. The van der Waals surface area contributed by atoms with E-state index in [1.165, 1.54) is 25.7 Å². The lowest BCUT2D eigenvalue weighted by Crippen LogP contribution is -2.27. The molecule has 0 saturated heterocycles. The average Bonchev–Trinajstić information content (AvgIpc) is 2.47. The number of aryl methyl sites for hydroxylation is 1. The Bertz CT molecular complexity index is 373. The first-order valence-corrected chi connectivity index (χ1v) is 7.84. The van der Waals surface area contributed by atoms with Gasteiger partial charge >= 0.3 is 0 Å². The predicted octanol–water partition coefficient (Wildman–Crippen LogP) is 3.12. The molecule has 0 bridgehead atoms. The van der Waals surface area contributed by atoms with Crippen LogP contribution < -0.4 is 16.2 Å². The topological polar surface area (TPSA) is 67.1 Å². The minimum atomic E-state index is 0.705. The highest BCUT2D eigenvalue weighted by Crippen LogP contribution is 2.17. The molecule has 1 aromatic rings. The third kappa shape index (κ3) is 5.33. The fourth-order valence-corrected chi connectivity index (χ4v) is 2.09. The minimum absolute atomic E-state index is 0.705. The maximum Gasteiger partial charge on any atom is 0.145 e. The zero-order valence-corrected chi connectivity index (χ0v) is 13.2. The van der Waals surface area contributed by atoms with Gasteiger partial charge in [0.15, 0.2) is 0 Å². The Hall–Kier alpha value is -1.36. The first-order valence-electron chi connectivity index (χ1n) is 7.84. The summed E-state index contributed by atoms with van der Waals surface area (Å²) < 4.78 is 0. The molecule has 0 aromatic carbocycles. The molecule has 1 aromatic heterocycles. The molecule has 1 rings (SSSR count). The Morgan fingerprint density at radius 1 is 1.05 bits per heavy atom. The first kappa shape index (κ1) is 16.7. The molecule has 1 heterocycles. The Labute approximate surface area is 123 Å². The summed E-state index contributed by atoms with van der Waals surface area (Å²) in [6, 6.07) is 1.95. The highest BCUT2D eigenvalue weighted by molar-refractivity contribution is 5.48. The van der Waals surface area contributed by atoms with Crippen LogP contribution in [0.4, 0.5) is 11.6 Å². The van der Waals surface area contributed by atoms with E-state index < -0.39 is 0 Å². The van der Waals surface area contributed by atoms with E-state index in [-0.39, 0.29) is 0 Å². The molecule has 0 fully saturated rings. The molecule has 0 aliphatic heterocycles. The monoisotopic (exact) mass is 279 g/mol. The molecule has 0 spiro atoms. The van der Waals surface area contributed by atoms with Crippen LogP contribution >= 0.6 is 0 Å². The summed E-state index contributed by atoms with van der Waals surface area (Å²) in [6.07, 6.45) is 6.68. The number of hydrogen-bond donors (Lipinski definition) is 2. The number of anilines is 2. The Morgan fingerprint density at radius 2 is 1.70 bits per heavy atom. The van der Waals surface area contributed by atoms with Crippen molar-refractivity contribution in [2.45, 2.75) is 59.3 Å². The molecule has 20 heavy (non-hydrogen) atoms. The SMILES string of the molecule is CCCCN(CCCC)c1cc(NN)nc(CCC)n1. The molecule has 0 saturated carbocycles. The van der Waals surface area contributed by atoms with Crippen LogP contribution in [0.3, 0.4) is 0 Å². The largest absolute Gasteiger partial charge is 0.356 e. The van der Waals surface area contributed by atoms with E-state index in [2.05, 4.69) is 36.1 Å². The van der Waals surface area contributed by atoms with E-state index in [1.807, 2.05) is 6.07 Å². The fourth-order valence-electron chi connectivity index (χ4n) is 2.09. The van der Waals surface area contributed by atoms with Crippen LogP contribution in [-0.4, -0.2) is 23.1 Å². The fraction of sp³-hybridized carbons (Fsp3) is 0.733. The van der Waals surface area contributed by atoms with Crippen molar-refractivity contribution in [2.24, 2.45) is 5.84 Å². The lowest BCUT2D eigenvalue weighted by molar-refractivity contribution is 0.667. The smallest absolute Gasteiger partial charge is 0.145 e. The summed E-state index contributed by atoms with van der Waals surface area (Å²) in [4.78, 5) is 11.5. The normalized spacial score (nSPS) is 10.6. The van der Waals surface area contributed by atoms with Crippen molar-refractivity contribution in [3.8, 4) is 0 Å². The number of aromatic nitrogens is 2. The summed E-state index contributed by atoms with van der Waals surface area (Å²) in [6.45, 7) is 8.66. The molecule has 0 unspecified atom stereocenters. The van der Waals surface area contributed by atoms with Gasteiger partial charge in [0.2, 0.25) is 0 Å². The van der Waals surface area contributed by atoms with E-state index in [4.69, 9.17) is 10.8 Å². The van der Waals surface area contributed by atoms with Gasteiger partial charge in [0, 0.05) is 25.6 Å². The van der Waals surface area contributed by atoms with Crippen molar-refractivity contribution in [1.29, 1.82) is 0 Å². The summed E-state index contributed by atoms with van der Waals surface area (Å²) in [5, 5.41) is 0. The minimum Gasteiger partial charge on any atom is -0.356 e. The number of nitrogen functional groups attached to an aromatic ring is 1. The van der Waals surface area contributed by atoms with E-state index in [0.717, 1.165) is 37.6 Å². The van der Waals surface area contributed by atoms with Crippen LogP contribution in [0, 0.1) is 0 Å². The Balaban J connectivity index is 2.93. The molecule has 3 N–H and O–H groups in total. The third-order valence-corrected chi connectivity index (χ3v) is 3.27. The van der Waals surface area contributed by atoms with Crippen molar-refractivity contribution in [1.82, 2.24) is 9.97 Å². The Kier molecular flexibility index (Phi) is 7.95. The lowest BCUT2D eigenvalue weighted by Gasteiger charge is -2.24. The average molecular weight is 279 g/mol. The molecule has 5 nitrogen and oxygen atoms in total. The second kappa shape index (κ2) is 9.53. The molecule has 0 atom stereocenters. The molecular weight excluding hydrogens is 250 g/mol. The maximum atomic E-state index is 5.53. The molecule has 0 aliphatic rings. The van der Waals surface area contributed by atoms with Gasteiger partial charge < -0.3 is 10.3 Å². The van der Waals surface area contributed by atoms with Gasteiger partial charge in [-0.2, -0.15) is 0 Å². The number of nitrogens with zero attached hydrogens (tertiary/aromatic N) is 3. The van der Waals surface area contributed by atoms with Gasteiger partial charge in [-0.25, -0.2) is 15.8 Å². The molecule has 0 aliphatic carbocycles. The van der Waals surface area contributed by atoms with Crippen LogP contribution in [0.2, 0.25) is 0 Å². The third-order valence-electron chi connectivity index (χ3n) is 3.27. The van der Waals surface area contributed by atoms with Crippen LogP contribution in [-0.2, 0) is 6.42 Å². The van der Waals surface area contributed by atoms with E-state index in [1.54, 1.807) is 0 Å². The summed E-state index contributed by atoms with van der Waals surface area (Å²) in [5.41, 5.74) is 2.66. The van der Waals surface area contributed by atoms with Crippen molar-refractivity contribution >= 4 is 11.6 Å². The second-order valence-electron chi connectivity index (χ2n) is 5.12. The van der Waals surface area contributed by atoms with Gasteiger partial charge in [-0.3, -0.25) is 0 Å². The van der Waals surface area contributed by atoms with Gasteiger partial charge in [-0.05, 0) is 19.3 Å². The number of hydrazine groups is 1. The first-order chi connectivity index (χ1) is 9.74. The number of hydrogen-bond acceptors (Lipinski definition) is 5. The molecule has 5 heteroatoms. The van der Waals surface area contributed by atoms with Crippen molar-refractivity contribution in [3.05, 3.63) is 11.9 Å². The van der Waals surface area contributed by atoms with Gasteiger partial charge in [-0.1, -0.05) is 33.6 Å². The van der Waals surface area contributed by atoms with Gasteiger partial charge in [0.05, 0.1) is 0 Å². The second-order valence-corrected chi connectivity index (χ2v) is 5.12. The van der Waals surface area contributed by atoms with Gasteiger partial charge in [0.1, 0.15) is 17.5 Å². The summed E-state index contributed by atoms with van der Waals surface area (Å²) >= 11 is 0. The van der Waals surface area contributed by atoms with Crippen LogP contribution in [0.5, 0.6) is 0 Å². The molecule has 114 valence electrons. The van der Waals surface area contributed by atoms with E-state index in [9.17, 15) is 0 Å². The molecular formula is C15H29N5. The summed E-state index contributed by atoms with van der Waals surface area (Å²) in [5.74, 6) is 8.10. The Morgan fingerprint density at radius 3 is 2.20 bits per heavy atom. The zero-order chi connectivity index (χ0) is 14.8. The van der Waals surface area contributed by atoms with Crippen LogP contribution in [0.15, 0.2) is 6.07 Å². The standard InChI is InChI=1S/C15H29N5/c1-4-7-10-20(11-8-5-2)15-12-14(19-16)17-13(18-15)9-6-3/h12H,4-11,16H2,1-3H3,(H,17,18,19). The number of nitrogens with two attached hydrogens (primary N) is 1. The highest BCUT2D eigenvalue weighted by Gasteiger charge is 2.10. The quantitative estimate of drug-likeness (QED) is 0.509. The van der Waals surface area contributed by atoms with Crippen molar-refractivity contribution < 1.29 is 0 Å². The van der Waals surface area contributed by atoms with Gasteiger partial charge in [-0.15, -0.1) is 0 Å².